The zero-order valence-corrected chi connectivity index (χ0v) is 16.8. The number of aromatic hydroxyl groups is 1. The molecule has 0 atom stereocenters. The molecule has 1 aliphatic heterocycles. The van der Waals surface area contributed by atoms with Crippen molar-refractivity contribution >= 4 is 28.8 Å². The van der Waals surface area contributed by atoms with Crippen molar-refractivity contribution in [3.63, 3.8) is 0 Å². The van der Waals surface area contributed by atoms with Crippen LogP contribution in [0.4, 0.5) is 4.39 Å². The first kappa shape index (κ1) is 19.6. The number of benzene rings is 1. The number of hydrogen-bond donors (Lipinski definition) is 1. The SMILES string of the molecule is O=C1c2c(O)c(=O)c(-c3nccs3)cn2CCN1CCCc1cccc(Cl)c1F. The molecule has 0 unspecified atom stereocenters. The Balaban J connectivity index is 1.52. The van der Waals surface area contributed by atoms with E-state index in [4.69, 9.17) is 11.6 Å². The van der Waals surface area contributed by atoms with E-state index in [1.54, 1.807) is 39.4 Å². The van der Waals surface area contributed by atoms with Gasteiger partial charge in [-0.05, 0) is 24.5 Å². The number of aromatic nitrogens is 2. The van der Waals surface area contributed by atoms with Crippen LogP contribution in [0.15, 0.2) is 40.8 Å². The number of carbonyl (C=O) groups excluding carboxylic acids is 1. The van der Waals surface area contributed by atoms with Crippen molar-refractivity contribution < 1.29 is 14.3 Å². The number of fused-ring (bicyclic) bond motifs is 1. The molecule has 29 heavy (non-hydrogen) atoms. The molecule has 4 rings (SSSR count). The molecule has 1 aromatic carbocycles. The van der Waals surface area contributed by atoms with Crippen LogP contribution in [0.2, 0.25) is 5.02 Å². The molecular formula is C20H17ClFN3O3S. The molecule has 1 amide bonds. The second kappa shape index (κ2) is 7.96. The van der Waals surface area contributed by atoms with Crippen LogP contribution in [-0.4, -0.2) is 38.6 Å². The minimum Gasteiger partial charge on any atom is -0.503 e. The van der Waals surface area contributed by atoms with Gasteiger partial charge in [0.05, 0.1) is 10.6 Å². The number of nitrogens with zero attached hydrogens (tertiary/aromatic N) is 3. The molecule has 3 heterocycles. The molecule has 0 aliphatic carbocycles. The molecule has 0 saturated carbocycles. The van der Waals surface area contributed by atoms with E-state index in [0.717, 1.165) is 0 Å². The number of aryl methyl sites for hydroxylation is 1. The molecule has 3 aromatic rings. The lowest BCUT2D eigenvalue weighted by Gasteiger charge is -2.30. The van der Waals surface area contributed by atoms with E-state index in [0.29, 0.717) is 43.0 Å². The third kappa shape index (κ3) is 3.65. The molecule has 0 spiro atoms. The Morgan fingerprint density at radius 3 is 2.86 bits per heavy atom. The molecule has 1 N–H and O–H groups in total. The summed E-state index contributed by atoms with van der Waals surface area (Å²) in [7, 11) is 0. The summed E-state index contributed by atoms with van der Waals surface area (Å²) < 4.78 is 15.6. The molecule has 2 aromatic heterocycles. The highest BCUT2D eigenvalue weighted by Gasteiger charge is 2.29. The zero-order valence-electron chi connectivity index (χ0n) is 15.3. The van der Waals surface area contributed by atoms with Gasteiger partial charge >= 0.3 is 0 Å². The Morgan fingerprint density at radius 1 is 1.28 bits per heavy atom. The summed E-state index contributed by atoms with van der Waals surface area (Å²) in [5.74, 6) is -1.42. The quantitative estimate of drug-likeness (QED) is 0.667. The minimum absolute atomic E-state index is 0.0181. The lowest BCUT2D eigenvalue weighted by atomic mass is 10.1. The van der Waals surface area contributed by atoms with Crippen LogP contribution < -0.4 is 5.43 Å². The molecule has 6 nitrogen and oxygen atoms in total. The molecule has 0 bridgehead atoms. The van der Waals surface area contributed by atoms with Crippen LogP contribution >= 0.6 is 22.9 Å². The Hall–Kier alpha value is -2.71. The summed E-state index contributed by atoms with van der Waals surface area (Å²) in [6.45, 7) is 1.26. The second-order valence-electron chi connectivity index (χ2n) is 6.71. The Labute approximate surface area is 174 Å². The van der Waals surface area contributed by atoms with Crippen LogP contribution in [0.3, 0.4) is 0 Å². The number of carbonyl (C=O) groups is 1. The number of hydrogen-bond acceptors (Lipinski definition) is 5. The van der Waals surface area contributed by atoms with Crippen LogP contribution in [0.1, 0.15) is 22.5 Å². The average molecular weight is 434 g/mol. The van der Waals surface area contributed by atoms with Gasteiger partial charge in [0, 0.05) is 37.4 Å². The van der Waals surface area contributed by atoms with Gasteiger partial charge in [-0.1, -0.05) is 23.7 Å². The van der Waals surface area contributed by atoms with Gasteiger partial charge in [-0.2, -0.15) is 0 Å². The number of pyridine rings is 1. The van der Waals surface area contributed by atoms with E-state index in [1.807, 2.05) is 0 Å². The van der Waals surface area contributed by atoms with Crippen molar-refractivity contribution in [3.8, 4) is 16.3 Å². The highest BCUT2D eigenvalue weighted by atomic mass is 35.5. The maximum absolute atomic E-state index is 14.0. The fourth-order valence-electron chi connectivity index (χ4n) is 3.45. The van der Waals surface area contributed by atoms with Crippen LogP contribution in [0, 0.1) is 5.82 Å². The van der Waals surface area contributed by atoms with Crippen molar-refractivity contribution in [2.75, 3.05) is 13.1 Å². The summed E-state index contributed by atoms with van der Waals surface area (Å²) in [5, 5.41) is 12.7. The first-order chi connectivity index (χ1) is 14.0. The maximum atomic E-state index is 14.0. The van der Waals surface area contributed by atoms with Crippen molar-refractivity contribution in [3.05, 3.63) is 68.3 Å². The predicted molar refractivity (Wildman–Crippen MR) is 109 cm³/mol. The van der Waals surface area contributed by atoms with Gasteiger partial charge in [-0.3, -0.25) is 9.59 Å². The highest BCUT2D eigenvalue weighted by Crippen LogP contribution is 2.26. The summed E-state index contributed by atoms with van der Waals surface area (Å²) >= 11 is 7.09. The van der Waals surface area contributed by atoms with E-state index in [-0.39, 0.29) is 16.3 Å². The van der Waals surface area contributed by atoms with Gasteiger partial charge in [0.1, 0.15) is 10.8 Å². The molecule has 0 saturated heterocycles. The van der Waals surface area contributed by atoms with Gasteiger partial charge in [0.25, 0.3) is 5.91 Å². The minimum atomic E-state index is -0.609. The Bertz CT molecular complexity index is 1130. The van der Waals surface area contributed by atoms with Gasteiger partial charge in [0.2, 0.25) is 5.43 Å². The number of amides is 1. The summed E-state index contributed by atoms with van der Waals surface area (Å²) in [5.41, 5.74) is 0.145. The van der Waals surface area contributed by atoms with E-state index in [1.165, 1.54) is 17.4 Å². The Kier molecular flexibility index (Phi) is 5.38. The van der Waals surface area contributed by atoms with Gasteiger partial charge < -0.3 is 14.6 Å². The average Bonchev–Trinajstić information content (AvgIpc) is 3.24. The molecule has 9 heteroatoms. The number of rotatable bonds is 5. The topological polar surface area (TPSA) is 75.4 Å². The van der Waals surface area contributed by atoms with Crippen LogP contribution in [-0.2, 0) is 13.0 Å². The van der Waals surface area contributed by atoms with Gasteiger partial charge in [-0.25, -0.2) is 9.37 Å². The standard InChI is InChI=1S/C20H17ClFN3O3S/c21-14-5-1-3-12(15(14)22)4-2-7-24-8-9-25-11-13(19-23-6-10-29-19)17(26)18(27)16(25)20(24)28/h1,3,5-6,10-11,27H,2,4,7-9H2. The largest absolute Gasteiger partial charge is 0.503 e. The van der Waals surface area contributed by atoms with Crippen molar-refractivity contribution in [1.82, 2.24) is 14.5 Å². The monoisotopic (exact) mass is 433 g/mol. The zero-order chi connectivity index (χ0) is 20.5. The maximum Gasteiger partial charge on any atom is 0.274 e. The Morgan fingerprint density at radius 2 is 2.10 bits per heavy atom. The van der Waals surface area contributed by atoms with Gasteiger partial charge in [0.15, 0.2) is 11.4 Å². The van der Waals surface area contributed by atoms with E-state index >= 15 is 0 Å². The summed E-state index contributed by atoms with van der Waals surface area (Å²) in [4.78, 5) is 31.1. The predicted octanol–water partition coefficient (Wildman–Crippen LogP) is 3.56. The van der Waals surface area contributed by atoms with E-state index in [2.05, 4.69) is 4.98 Å². The van der Waals surface area contributed by atoms with Gasteiger partial charge in [-0.15, -0.1) is 11.3 Å². The summed E-state index contributed by atoms with van der Waals surface area (Å²) in [6.07, 6.45) is 4.12. The van der Waals surface area contributed by atoms with E-state index < -0.39 is 22.9 Å². The number of halogens is 2. The first-order valence-electron chi connectivity index (χ1n) is 9.06. The highest BCUT2D eigenvalue weighted by molar-refractivity contribution is 7.13. The molecular weight excluding hydrogens is 417 g/mol. The fraction of sp³-hybridized carbons (Fsp3) is 0.250. The van der Waals surface area contributed by atoms with Crippen LogP contribution in [0.25, 0.3) is 10.6 Å². The normalized spacial score (nSPS) is 13.6. The molecule has 1 aliphatic rings. The lowest BCUT2D eigenvalue weighted by Crippen LogP contribution is -2.42. The van der Waals surface area contributed by atoms with Crippen molar-refractivity contribution in [2.45, 2.75) is 19.4 Å². The molecule has 0 radical (unpaired) electrons. The first-order valence-corrected chi connectivity index (χ1v) is 10.3. The van der Waals surface area contributed by atoms with Crippen molar-refractivity contribution in [2.24, 2.45) is 0 Å². The second-order valence-corrected chi connectivity index (χ2v) is 8.01. The third-order valence-corrected chi connectivity index (χ3v) is 6.02. The molecule has 0 fully saturated rings. The van der Waals surface area contributed by atoms with Crippen molar-refractivity contribution in [1.29, 1.82) is 0 Å². The number of thiazole rings is 1. The van der Waals surface area contributed by atoms with E-state index in [9.17, 15) is 19.1 Å². The fourth-order valence-corrected chi connectivity index (χ4v) is 4.29. The summed E-state index contributed by atoms with van der Waals surface area (Å²) in [6, 6.07) is 4.85. The lowest BCUT2D eigenvalue weighted by molar-refractivity contribution is 0.0695. The molecule has 150 valence electrons. The van der Waals surface area contributed by atoms with Crippen LogP contribution in [0.5, 0.6) is 5.75 Å². The third-order valence-electron chi connectivity index (χ3n) is 4.93. The smallest absolute Gasteiger partial charge is 0.274 e.